The summed E-state index contributed by atoms with van der Waals surface area (Å²) < 4.78 is 4.48. The van der Waals surface area contributed by atoms with Crippen molar-refractivity contribution in [2.75, 3.05) is 7.11 Å². The quantitative estimate of drug-likeness (QED) is 0.368. The Morgan fingerprint density at radius 1 is 1.55 bits per heavy atom. The number of hydrogen-bond acceptors (Lipinski definition) is 4. The van der Waals surface area contributed by atoms with Gasteiger partial charge in [-0.15, -0.1) is 12.4 Å². The second kappa shape index (κ2) is 6.39. The van der Waals surface area contributed by atoms with Crippen LogP contribution in [0.25, 0.3) is 0 Å². The van der Waals surface area contributed by atoms with Crippen LogP contribution in [0.3, 0.4) is 0 Å². The minimum absolute atomic E-state index is 0. The SMILES string of the molecule is COC(=O)[C@@H](NN)C(C)C.Cl. The lowest BCUT2D eigenvalue weighted by Crippen LogP contribution is -2.45. The number of nitrogens with one attached hydrogen (secondary N) is 1. The fraction of sp³-hybridized carbons (Fsp3) is 0.833. The van der Waals surface area contributed by atoms with Gasteiger partial charge in [0.2, 0.25) is 0 Å². The van der Waals surface area contributed by atoms with Gasteiger partial charge in [-0.2, -0.15) is 0 Å². The third kappa shape index (κ3) is 4.19. The molecular weight excluding hydrogens is 168 g/mol. The van der Waals surface area contributed by atoms with Crippen molar-refractivity contribution in [1.29, 1.82) is 0 Å². The van der Waals surface area contributed by atoms with Crippen LogP contribution in [0.4, 0.5) is 0 Å². The molecule has 0 heterocycles. The van der Waals surface area contributed by atoms with Crippen LogP contribution >= 0.6 is 12.4 Å². The summed E-state index contributed by atoms with van der Waals surface area (Å²) in [6, 6.07) is -0.398. The van der Waals surface area contributed by atoms with Gasteiger partial charge in [0.1, 0.15) is 6.04 Å². The summed E-state index contributed by atoms with van der Waals surface area (Å²) in [7, 11) is 1.34. The Morgan fingerprint density at radius 2 is 2.00 bits per heavy atom. The van der Waals surface area contributed by atoms with Gasteiger partial charge in [-0.25, -0.2) is 5.43 Å². The molecule has 0 aliphatic rings. The molecule has 0 spiro atoms. The van der Waals surface area contributed by atoms with Crippen LogP contribution in [0.2, 0.25) is 0 Å². The summed E-state index contributed by atoms with van der Waals surface area (Å²) in [5, 5.41) is 0. The molecule has 0 aromatic heterocycles. The Bertz CT molecular complexity index is 119. The summed E-state index contributed by atoms with van der Waals surface area (Å²) in [5.41, 5.74) is 2.38. The minimum atomic E-state index is -0.398. The van der Waals surface area contributed by atoms with Crippen molar-refractivity contribution in [3.63, 3.8) is 0 Å². The van der Waals surface area contributed by atoms with E-state index in [0.29, 0.717) is 0 Å². The van der Waals surface area contributed by atoms with Crippen LogP contribution in [0.15, 0.2) is 0 Å². The van der Waals surface area contributed by atoms with Crippen molar-refractivity contribution in [1.82, 2.24) is 5.43 Å². The molecule has 0 aromatic rings. The van der Waals surface area contributed by atoms with Crippen LogP contribution in [0.5, 0.6) is 0 Å². The lowest BCUT2D eigenvalue weighted by atomic mass is 10.1. The first-order valence-corrected chi connectivity index (χ1v) is 3.17. The number of hydrazine groups is 1. The van der Waals surface area contributed by atoms with Gasteiger partial charge in [0.15, 0.2) is 0 Å². The van der Waals surface area contributed by atoms with Gasteiger partial charge in [0.05, 0.1) is 7.11 Å². The molecule has 0 bridgehead atoms. The number of hydrogen-bond donors (Lipinski definition) is 2. The molecule has 0 saturated heterocycles. The fourth-order valence-electron chi connectivity index (χ4n) is 0.660. The van der Waals surface area contributed by atoms with Crippen LogP contribution < -0.4 is 11.3 Å². The Kier molecular flexibility index (Phi) is 7.72. The number of rotatable bonds is 3. The fourth-order valence-corrected chi connectivity index (χ4v) is 0.660. The van der Waals surface area contributed by atoms with Gasteiger partial charge in [0.25, 0.3) is 0 Å². The van der Waals surface area contributed by atoms with Crippen LogP contribution in [-0.4, -0.2) is 19.1 Å². The van der Waals surface area contributed by atoms with Gasteiger partial charge in [-0.1, -0.05) is 13.8 Å². The smallest absolute Gasteiger partial charge is 0.324 e. The van der Waals surface area contributed by atoms with E-state index < -0.39 is 6.04 Å². The molecule has 0 aromatic carbocycles. The van der Waals surface area contributed by atoms with Crippen molar-refractivity contribution in [2.45, 2.75) is 19.9 Å². The topological polar surface area (TPSA) is 64.3 Å². The second-order valence-electron chi connectivity index (χ2n) is 2.41. The number of carbonyl (C=O) groups is 1. The summed E-state index contributed by atoms with van der Waals surface area (Å²) >= 11 is 0. The van der Waals surface area contributed by atoms with Crippen molar-refractivity contribution in [3.05, 3.63) is 0 Å². The minimum Gasteiger partial charge on any atom is -0.468 e. The van der Waals surface area contributed by atoms with Gasteiger partial charge in [-0.05, 0) is 5.92 Å². The van der Waals surface area contributed by atoms with Crippen LogP contribution in [0, 0.1) is 5.92 Å². The number of carbonyl (C=O) groups excluding carboxylic acids is 1. The van der Waals surface area contributed by atoms with E-state index in [4.69, 9.17) is 5.84 Å². The van der Waals surface area contributed by atoms with E-state index >= 15 is 0 Å². The molecule has 0 aliphatic heterocycles. The van der Waals surface area contributed by atoms with E-state index in [-0.39, 0.29) is 24.3 Å². The summed E-state index contributed by atoms with van der Waals surface area (Å²) in [6.45, 7) is 3.78. The van der Waals surface area contributed by atoms with E-state index in [0.717, 1.165) is 0 Å². The molecule has 0 aliphatic carbocycles. The van der Waals surface area contributed by atoms with Crippen molar-refractivity contribution >= 4 is 18.4 Å². The molecule has 0 radical (unpaired) electrons. The molecule has 0 fully saturated rings. The number of halogens is 1. The molecular formula is C6H15ClN2O2. The highest BCUT2D eigenvalue weighted by atomic mass is 35.5. The van der Waals surface area contributed by atoms with Crippen LogP contribution in [0.1, 0.15) is 13.8 Å². The second-order valence-corrected chi connectivity index (χ2v) is 2.41. The maximum absolute atomic E-state index is 10.8. The molecule has 0 unspecified atom stereocenters. The summed E-state index contributed by atoms with van der Waals surface area (Å²) in [4.78, 5) is 10.8. The monoisotopic (exact) mass is 182 g/mol. The van der Waals surface area contributed by atoms with Gasteiger partial charge < -0.3 is 4.74 Å². The van der Waals surface area contributed by atoms with Gasteiger partial charge >= 0.3 is 5.97 Å². The van der Waals surface area contributed by atoms with Crippen molar-refractivity contribution < 1.29 is 9.53 Å². The lowest BCUT2D eigenvalue weighted by Gasteiger charge is -2.16. The van der Waals surface area contributed by atoms with E-state index in [9.17, 15) is 4.79 Å². The molecule has 0 amide bonds. The zero-order chi connectivity index (χ0) is 8.15. The Hall–Kier alpha value is -0.320. The highest BCUT2D eigenvalue weighted by Crippen LogP contribution is 2.00. The molecule has 1 atom stereocenters. The largest absolute Gasteiger partial charge is 0.468 e. The predicted molar refractivity (Wildman–Crippen MR) is 45.2 cm³/mol. The molecule has 4 nitrogen and oxygen atoms in total. The third-order valence-corrected chi connectivity index (χ3v) is 1.30. The van der Waals surface area contributed by atoms with E-state index in [1.165, 1.54) is 7.11 Å². The van der Waals surface area contributed by atoms with Crippen molar-refractivity contribution in [2.24, 2.45) is 11.8 Å². The first kappa shape index (κ1) is 13.3. The van der Waals surface area contributed by atoms with Gasteiger partial charge in [0, 0.05) is 0 Å². The van der Waals surface area contributed by atoms with Crippen molar-refractivity contribution in [3.8, 4) is 0 Å². The lowest BCUT2D eigenvalue weighted by molar-refractivity contribution is -0.144. The maximum Gasteiger partial charge on any atom is 0.324 e. The van der Waals surface area contributed by atoms with Gasteiger partial charge in [-0.3, -0.25) is 10.6 Å². The first-order valence-electron chi connectivity index (χ1n) is 3.17. The zero-order valence-corrected chi connectivity index (χ0v) is 7.77. The molecule has 11 heavy (non-hydrogen) atoms. The number of ether oxygens (including phenoxy) is 1. The van der Waals surface area contributed by atoms with E-state index in [2.05, 4.69) is 10.2 Å². The van der Waals surface area contributed by atoms with Crippen LogP contribution in [-0.2, 0) is 9.53 Å². The molecule has 0 saturated carbocycles. The highest BCUT2D eigenvalue weighted by Gasteiger charge is 2.20. The Balaban J connectivity index is 0. The normalized spacial score (nSPS) is 12.1. The zero-order valence-electron chi connectivity index (χ0n) is 6.96. The average Bonchev–Trinajstić information content (AvgIpc) is 1.88. The molecule has 68 valence electrons. The summed E-state index contributed by atoms with van der Waals surface area (Å²) in [6.07, 6.45) is 0. The molecule has 0 rings (SSSR count). The standard InChI is InChI=1S/C6H14N2O2.ClH/c1-4(2)5(8-7)6(9)10-3;/h4-5,8H,7H2,1-3H3;1H/t5-;/m0./s1. The van der Waals surface area contributed by atoms with E-state index in [1.54, 1.807) is 0 Å². The number of esters is 1. The highest BCUT2D eigenvalue weighted by molar-refractivity contribution is 5.85. The summed E-state index contributed by atoms with van der Waals surface area (Å²) in [5.74, 6) is 4.93. The Morgan fingerprint density at radius 3 is 2.09 bits per heavy atom. The first-order chi connectivity index (χ1) is 4.63. The maximum atomic E-state index is 10.8. The Labute approximate surface area is 72.9 Å². The molecule has 5 heteroatoms. The predicted octanol–water partition coefficient (Wildman–Crippen LogP) is 0.0691. The average molecular weight is 183 g/mol. The van der Waals surface area contributed by atoms with E-state index in [1.807, 2.05) is 13.8 Å². The number of nitrogens with two attached hydrogens (primary N) is 1. The number of methoxy groups -OCH3 is 1. The third-order valence-electron chi connectivity index (χ3n) is 1.30. The molecule has 3 N–H and O–H groups in total.